The molecule has 0 aliphatic heterocycles. The zero-order chi connectivity index (χ0) is 10.7. The molecule has 0 saturated heterocycles. The van der Waals surface area contributed by atoms with Crippen LogP contribution in [-0.2, 0) is 7.05 Å². The van der Waals surface area contributed by atoms with Gasteiger partial charge in [0.15, 0.2) is 10.7 Å². The summed E-state index contributed by atoms with van der Waals surface area (Å²) in [5.74, 6) is -0.932. The van der Waals surface area contributed by atoms with E-state index in [9.17, 15) is 4.79 Å². The minimum Gasteiger partial charge on any atom is -0.477 e. The molecule has 0 fully saturated rings. The average molecular weight is 219 g/mol. The monoisotopic (exact) mass is 218 g/mol. The molecule has 0 atom stereocenters. The Morgan fingerprint density at radius 2 is 2.36 bits per heavy atom. The first-order valence-electron chi connectivity index (χ1n) is 4.16. The van der Waals surface area contributed by atoms with E-state index >= 15 is 0 Å². The van der Waals surface area contributed by atoms with Crippen molar-refractivity contribution in [2.45, 2.75) is 13.3 Å². The Morgan fingerprint density at radius 3 is 2.86 bits per heavy atom. The number of hydrogen-bond donors (Lipinski definition) is 1. The van der Waals surface area contributed by atoms with Crippen molar-refractivity contribution in [1.82, 2.24) is 9.78 Å². The van der Waals surface area contributed by atoms with Crippen LogP contribution in [0.4, 0.5) is 0 Å². The van der Waals surface area contributed by atoms with Crippen LogP contribution < -0.4 is 4.74 Å². The number of ether oxygens (including phenoxy) is 1. The van der Waals surface area contributed by atoms with E-state index in [1.807, 2.05) is 6.92 Å². The quantitative estimate of drug-likeness (QED) is 0.833. The van der Waals surface area contributed by atoms with Crippen LogP contribution in [0.1, 0.15) is 23.7 Å². The third kappa shape index (κ3) is 1.98. The van der Waals surface area contributed by atoms with Crippen molar-refractivity contribution < 1.29 is 14.6 Å². The zero-order valence-corrected chi connectivity index (χ0v) is 8.71. The van der Waals surface area contributed by atoms with E-state index in [0.29, 0.717) is 6.61 Å². The molecule has 1 N–H and O–H groups in total. The standard InChI is InChI=1S/C8H11ClN2O3/c1-3-4-14-7-5(8(12)13)6(9)10-11(7)2/h3-4H2,1-2H3,(H,12,13). The van der Waals surface area contributed by atoms with Gasteiger partial charge in [0.05, 0.1) is 6.61 Å². The van der Waals surface area contributed by atoms with Crippen LogP contribution in [-0.4, -0.2) is 27.5 Å². The Morgan fingerprint density at radius 1 is 1.71 bits per heavy atom. The van der Waals surface area contributed by atoms with E-state index in [2.05, 4.69) is 5.10 Å². The molecule has 0 spiro atoms. The Bertz CT molecular complexity index is 349. The summed E-state index contributed by atoms with van der Waals surface area (Å²) in [7, 11) is 1.59. The van der Waals surface area contributed by atoms with Crippen LogP contribution in [0.3, 0.4) is 0 Å². The Hall–Kier alpha value is -1.23. The van der Waals surface area contributed by atoms with E-state index in [1.165, 1.54) is 4.68 Å². The van der Waals surface area contributed by atoms with Crippen molar-refractivity contribution in [3.8, 4) is 5.88 Å². The zero-order valence-electron chi connectivity index (χ0n) is 7.95. The second kappa shape index (κ2) is 4.32. The van der Waals surface area contributed by atoms with E-state index in [0.717, 1.165) is 6.42 Å². The van der Waals surface area contributed by atoms with Crippen LogP contribution in [0.2, 0.25) is 5.15 Å². The maximum Gasteiger partial charge on any atom is 0.344 e. The lowest BCUT2D eigenvalue weighted by molar-refractivity contribution is 0.0692. The first-order chi connectivity index (χ1) is 6.57. The lowest BCUT2D eigenvalue weighted by Crippen LogP contribution is -2.05. The topological polar surface area (TPSA) is 64.3 Å². The fourth-order valence-corrected chi connectivity index (χ4v) is 1.30. The van der Waals surface area contributed by atoms with Crippen LogP contribution in [0.15, 0.2) is 0 Å². The van der Waals surface area contributed by atoms with E-state index in [-0.39, 0.29) is 16.6 Å². The van der Waals surface area contributed by atoms with Crippen molar-refractivity contribution in [3.05, 3.63) is 10.7 Å². The SMILES string of the molecule is CCCOc1c(C(=O)O)c(Cl)nn1C. The molecule has 0 radical (unpaired) electrons. The van der Waals surface area contributed by atoms with Gasteiger partial charge >= 0.3 is 5.97 Å². The van der Waals surface area contributed by atoms with Crippen LogP contribution in [0.5, 0.6) is 5.88 Å². The second-order valence-corrected chi connectivity index (χ2v) is 3.11. The normalized spacial score (nSPS) is 10.2. The van der Waals surface area contributed by atoms with Gasteiger partial charge in [-0.25, -0.2) is 9.48 Å². The highest BCUT2D eigenvalue weighted by Gasteiger charge is 2.22. The molecular weight excluding hydrogens is 208 g/mol. The van der Waals surface area contributed by atoms with Gasteiger partial charge in [-0.15, -0.1) is 0 Å². The van der Waals surface area contributed by atoms with Crippen molar-refractivity contribution in [2.24, 2.45) is 7.05 Å². The van der Waals surface area contributed by atoms with Crippen molar-refractivity contribution in [1.29, 1.82) is 0 Å². The summed E-state index contributed by atoms with van der Waals surface area (Å²) in [5.41, 5.74) is -0.0809. The van der Waals surface area contributed by atoms with Gasteiger partial charge in [-0.3, -0.25) is 0 Å². The molecule has 1 aromatic heterocycles. The van der Waals surface area contributed by atoms with Crippen molar-refractivity contribution in [3.63, 3.8) is 0 Å². The molecule has 0 saturated carbocycles. The van der Waals surface area contributed by atoms with E-state index in [4.69, 9.17) is 21.4 Å². The predicted octanol–water partition coefficient (Wildman–Crippen LogP) is 1.56. The Balaban J connectivity index is 3.05. The highest BCUT2D eigenvalue weighted by atomic mass is 35.5. The third-order valence-electron chi connectivity index (χ3n) is 1.61. The Kier molecular flexibility index (Phi) is 3.35. The Labute approximate surface area is 86.2 Å². The molecule has 14 heavy (non-hydrogen) atoms. The first kappa shape index (κ1) is 10.8. The average Bonchev–Trinajstić information content (AvgIpc) is 2.37. The molecule has 0 unspecified atom stereocenters. The minimum atomic E-state index is -1.13. The number of aromatic carboxylic acids is 1. The number of rotatable bonds is 4. The molecule has 5 nitrogen and oxygen atoms in total. The highest BCUT2D eigenvalue weighted by molar-refractivity contribution is 6.32. The number of aromatic nitrogens is 2. The molecule has 0 amide bonds. The third-order valence-corrected chi connectivity index (χ3v) is 1.87. The van der Waals surface area contributed by atoms with Gasteiger partial charge in [0.25, 0.3) is 0 Å². The van der Waals surface area contributed by atoms with Gasteiger partial charge in [0.2, 0.25) is 5.88 Å². The summed E-state index contributed by atoms with van der Waals surface area (Å²) < 4.78 is 6.56. The van der Waals surface area contributed by atoms with Crippen molar-refractivity contribution in [2.75, 3.05) is 6.61 Å². The molecule has 1 rings (SSSR count). The molecular formula is C8H11ClN2O3. The molecule has 6 heteroatoms. The summed E-state index contributed by atoms with van der Waals surface area (Å²) >= 11 is 5.63. The number of carboxylic acid groups (broad SMARTS) is 1. The minimum absolute atomic E-state index is 0.0499. The number of carboxylic acids is 1. The van der Waals surface area contributed by atoms with E-state index < -0.39 is 5.97 Å². The summed E-state index contributed by atoms with van der Waals surface area (Å²) in [4.78, 5) is 10.8. The number of nitrogens with zero attached hydrogens (tertiary/aromatic N) is 2. The predicted molar refractivity (Wildman–Crippen MR) is 51.0 cm³/mol. The fraction of sp³-hybridized carbons (Fsp3) is 0.500. The van der Waals surface area contributed by atoms with Gasteiger partial charge in [-0.1, -0.05) is 18.5 Å². The summed E-state index contributed by atoms with van der Waals surface area (Å²) in [6.45, 7) is 2.37. The maximum atomic E-state index is 10.8. The number of hydrogen-bond acceptors (Lipinski definition) is 3. The highest BCUT2D eigenvalue weighted by Crippen LogP contribution is 2.25. The molecule has 0 aliphatic rings. The number of aryl methyl sites for hydroxylation is 1. The summed E-state index contributed by atoms with van der Waals surface area (Å²) in [5, 5.41) is 12.6. The van der Waals surface area contributed by atoms with Crippen molar-refractivity contribution >= 4 is 17.6 Å². The smallest absolute Gasteiger partial charge is 0.344 e. The first-order valence-corrected chi connectivity index (χ1v) is 4.54. The lowest BCUT2D eigenvalue weighted by atomic mass is 10.3. The van der Waals surface area contributed by atoms with Crippen LogP contribution in [0, 0.1) is 0 Å². The lowest BCUT2D eigenvalue weighted by Gasteiger charge is -2.04. The van der Waals surface area contributed by atoms with Gasteiger partial charge in [0, 0.05) is 7.05 Å². The van der Waals surface area contributed by atoms with Gasteiger partial charge < -0.3 is 9.84 Å². The molecule has 0 bridgehead atoms. The molecule has 78 valence electrons. The van der Waals surface area contributed by atoms with Crippen LogP contribution >= 0.6 is 11.6 Å². The fourth-order valence-electron chi connectivity index (χ4n) is 1.02. The summed E-state index contributed by atoms with van der Waals surface area (Å²) in [6.07, 6.45) is 0.794. The molecule has 0 aromatic carbocycles. The molecule has 0 aliphatic carbocycles. The van der Waals surface area contributed by atoms with Crippen LogP contribution in [0.25, 0.3) is 0 Å². The second-order valence-electron chi connectivity index (χ2n) is 2.75. The van der Waals surface area contributed by atoms with Gasteiger partial charge in [-0.05, 0) is 6.42 Å². The number of carbonyl (C=O) groups is 1. The number of halogens is 1. The van der Waals surface area contributed by atoms with E-state index in [1.54, 1.807) is 7.05 Å². The summed E-state index contributed by atoms with van der Waals surface area (Å²) in [6, 6.07) is 0. The molecule has 1 heterocycles. The maximum absolute atomic E-state index is 10.8. The van der Waals surface area contributed by atoms with Gasteiger partial charge in [0.1, 0.15) is 0 Å². The molecule has 1 aromatic rings. The van der Waals surface area contributed by atoms with Gasteiger partial charge in [-0.2, -0.15) is 5.10 Å². The largest absolute Gasteiger partial charge is 0.477 e.